The molecule has 100 valence electrons. The molecule has 0 bridgehead atoms. The van der Waals surface area contributed by atoms with Gasteiger partial charge < -0.3 is 4.90 Å². The first-order valence-corrected chi connectivity index (χ1v) is 7.04. The molecular weight excluding hydrogens is 261 g/mol. The third kappa shape index (κ3) is 4.17. The van der Waals surface area contributed by atoms with E-state index in [2.05, 4.69) is 6.07 Å². The summed E-state index contributed by atoms with van der Waals surface area (Å²) in [6, 6.07) is 10.2. The SMILES string of the molecule is CN(CCc1cccs1)C(=O)Cc1ccc(F)cc1. The van der Waals surface area contributed by atoms with Gasteiger partial charge in [-0.2, -0.15) is 0 Å². The van der Waals surface area contributed by atoms with E-state index in [4.69, 9.17) is 0 Å². The number of rotatable bonds is 5. The lowest BCUT2D eigenvalue weighted by Gasteiger charge is -2.16. The molecule has 0 saturated heterocycles. The van der Waals surface area contributed by atoms with Gasteiger partial charge in [0.25, 0.3) is 0 Å². The molecule has 1 heterocycles. The fourth-order valence-electron chi connectivity index (χ4n) is 1.77. The van der Waals surface area contributed by atoms with Crippen molar-refractivity contribution in [3.05, 3.63) is 58.0 Å². The van der Waals surface area contributed by atoms with E-state index in [1.54, 1.807) is 35.4 Å². The van der Waals surface area contributed by atoms with Crippen LogP contribution in [-0.2, 0) is 17.6 Å². The van der Waals surface area contributed by atoms with Gasteiger partial charge in [-0.3, -0.25) is 4.79 Å². The van der Waals surface area contributed by atoms with Crippen LogP contribution in [0.25, 0.3) is 0 Å². The summed E-state index contributed by atoms with van der Waals surface area (Å²) < 4.78 is 12.8. The Hall–Kier alpha value is -1.68. The van der Waals surface area contributed by atoms with Gasteiger partial charge in [0.1, 0.15) is 5.82 Å². The first kappa shape index (κ1) is 13.7. The number of likely N-dealkylation sites (N-methyl/N-ethyl adjacent to an activating group) is 1. The van der Waals surface area contributed by atoms with Gasteiger partial charge in [0.15, 0.2) is 0 Å². The van der Waals surface area contributed by atoms with Gasteiger partial charge >= 0.3 is 0 Å². The summed E-state index contributed by atoms with van der Waals surface area (Å²) in [5.41, 5.74) is 0.842. The molecule has 4 heteroatoms. The topological polar surface area (TPSA) is 20.3 Å². The maximum absolute atomic E-state index is 12.8. The zero-order valence-electron chi connectivity index (χ0n) is 10.8. The molecule has 2 nitrogen and oxygen atoms in total. The molecule has 0 atom stereocenters. The fraction of sp³-hybridized carbons (Fsp3) is 0.267. The molecule has 0 N–H and O–H groups in total. The van der Waals surface area contributed by atoms with Crippen LogP contribution in [0.4, 0.5) is 4.39 Å². The summed E-state index contributed by atoms with van der Waals surface area (Å²) in [7, 11) is 1.81. The molecule has 2 aromatic rings. The molecule has 0 fully saturated rings. The van der Waals surface area contributed by atoms with Gasteiger partial charge in [0.2, 0.25) is 5.91 Å². The molecule has 0 aliphatic heterocycles. The van der Waals surface area contributed by atoms with E-state index >= 15 is 0 Å². The second kappa shape index (κ2) is 6.48. The van der Waals surface area contributed by atoms with Crippen molar-refractivity contribution >= 4 is 17.2 Å². The van der Waals surface area contributed by atoms with Crippen molar-refractivity contribution < 1.29 is 9.18 Å². The number of halogens is 1. The van der Waals surface area contributed by atoms with Crippen molar-refractivity contribution in [2.75, 3.05) is 13.6 Å². The first-order chi connectivity index (χ1) is 9.15. The van der Waals surface area contributed by atoms with Gasteiger partial charge in [0.05, 0.1) is 6.42 Å². The van der Waals surface area contributed by atoms with Crippen LogP contribution in [-0.4, -0.2) is 24.4 Å². The maximum atomic E-state index is 12.8. The Balaban J connectivity index is 1.83. The minimum Gasteiger partial charge on any atom is -0.345 e. The summed E-state index contributed by atoms with van der Waals surface area (Å²) >= 11 is 1.70. The van der Waals surface area contributed by atoms with Crippen molar-refractivity contribution in [3.63, 3.8) is 0 Å². The van der Waals surface area contributed by atoms with Gasteiger partial charge in [-0.1, -0.05) is 18.2 Å². The number of thiophene rings is 1. The molecular formula is C15H16FNOS. The third-order valence-corrected chi connectivity index (χ3v) is 3.90. The van der Waals surface area contributed by atoms with Crippen molar-refractivity contribution in [1.82, 2.24) is 4.90 Å². The summed E-state index contributed by atoms with van der Waals surface area (Å²) in [6.07, 6.45) is 1.20. The van der Waals surface area contributed by atoms with E-state index in [0.717, 1.165) is 12.0 Å². The highest BCUT2D eigenvalue weighted by Crippen LogP contribution is 2.10. The van der Waals surface area contributed by atoms with Crippen LogP contribution in [0.15, 0.2) is 41.8 Å². The normalized spacial score (nSPS) is 10.4. The minimum atomic E-state index is -0.276. The van der Waals surface area contributed by atoms with Crippen molar-refractivity contribution in [2.45, 2.75) is 12.8 Å². The number of amides is 1. The minimum absolute atomic E-state index is 0.0585. The standard InChI is InChI=1S/C15H16FNOS/c1-17(9-8-14-3-2-10-19-14)15(18)11-12-4-6-13(16)7-5-12/h2-7,10H,8-9,11H2,1H3. The number of benzene rings is 1. The molecule has 1 aromatic carbocycles. The zero-order valence-corrected chi connectivity index (χ0v) is 11.6. The Labute approximate surface area is 116 Å². The molecule has 1 aromatic heterocycles. The molecule has 0 aliphatic rings. The maximum Gasteiger partial charge on any atom is 0.226 e. The second-order valence-electron chi connectivity index (χ2n) is 4.45. The van der Waals surface area contributed by atoms with E-state index < -0.39 is 0 Å². The van der Waals surface area contributed by atoms with Crippen molar-refractivity contribution in [3.8, 4) is 0 Å². The monoisotopic (exact) mass is 277 g/mol. The van der Waals surface area contributed by atoms with E-state index in [9.17, 15) is 9.18 Å². The smallest absolute Gasteiger partial charge is 0.226 e. The molecule has 2 rings (SSSR count). The van der Waals surface area contributed by atoms with E-state index in [-0.39, 0.29) is 11.7 Å². The lowest BCUT2D eigenvalue weighted by atomic mass is 10.1. The van der Waals surface area contributed by atoms with Crippen molar-refractivity contribution in [1.29, 1.82) is 0 Å². The van der Waals surface area contributed by atoms with Crippen molar-refractivity contribution in [2.24, 2.45) is 0 Å². The Morgan fingerprint density at radius 2 is 2.00 bits per heavy atom. The van der Waals surface area contributed by atoms with Gasteiger partial charge in [-0.25, -0.2) is 4.39 Å². The summed E-state index contributed by atoms with van der Waals surface area (Å²) in [4.78, 5) is 15.0. The highest BCUT2D eigenvalue weighted by Gasteiger charge is 2.09. The number of nitrogens with zero attached hydrogens (tertiary/aromatic N) is 1. The molecule has 0 unspecified atom stereocenters. The first-order valence-electron chi connectivity index (χ1n) is 6.16. The summed E-state index contributed by atoms with van der Waals surface area (Å²) in [5, 5.41) is 2.04. The average molecular weight is 277 g/mol. The fourth-order valence-corrected chi connectivity index (χ4v) is 2.47. The lowest BCUT2D eigenvalue weighted by molar-refractivity contribution is -0.129. The predicted molar refractivity (Wildman–Crippen MR) is 75.8 cm³/mol. The number of hydrogen-bond donors (Lipinski definition) is 0. The number of carbonyl (C=O) groups excluding carboxylic acids is 1. The number of carbonyl (C=O) groups is 1. The summed E-state index contributed by atoms with van der Waals surface area (Å²) in [6.45, 7) is 0.709. The van der Waals surface area contributed by atoms with Crippen LogP contribution in [0, 0.1) is 5.82 Å². The lowest BCUT2D eigenvalue weighted by Crippen LogP contribution is -2.30. The van der Waals surface area contributed by atoms with E-state index in [1.807, 2.05) is 11.4 Å². The van der Waals surface area contributed by atoms with Crippen LogP contribution in [0.5, 0.6) is 0 Å². The molecule has 1 amide bonds. The second-order valence-corrected chi connectivity index (χ2v) is 5.48. The van der Waals surface area contributed by atoms with Crippen LogP contribution in [0.3, 0.4) is 0 Å². The highest BCUT2D eigenvalue weighted by atomic mass is 32.1. The van der Waals surface area contributed by atoms with Gasteiger partial charge in [-0.05, 0) is 35.6 Å². The molecule has 19 heavy (non-hydrogen) atoms. The van der Waals surface area contributed by atoms with E-state index in [1.165, 1.54) is 17.0 Å². The Morgan fingerprint density at radius 3 is 2.63 bits per heavy atom. The average Bonchev–Trinajstić information content (AvgIpc) is 2.91. The quantitative estimate of drug-likeness (QED) is 0.822. The van der Waals surface area contributed by atoms with Crippen LogP contribution < -0.4 is 0 Å². The molecule has 0 radical (unpaired) electrons. The molecule has 0 saturated carbocycles. The largest absolute Gasteiger partial charge is 0.345 e. The summed E-state index contributed by atoms with van der Waals surface area (Å²) in [5.74, 6) is -0.217. The van der Waals surface area contributed by atoms with Crippen LogP contribution >= 0.6 is 11.3 Å². The highest BCUT2D eigenvalue weighted by molar-refractivity contribution is 7.09. The Bertz CT molecular complexity index is 522. The molecule has 0 spiro atoms. The van der Waals surface area contributed by atoms with Crippen LogP contribution in [0.1, 0.15) is 10.4 Å². The predicted octanol–water partition coefficient (Wildman–Crippen LogP) is 3.13. The van der Waals surface area contributed by atoms with Crippen LogP contribution in [0.2, 0.25) is 0 Å². The number of hydrogen-bond acceptors (Lipinski definition) is 2. The van der Waals surface area contributed by atoms with Gasteiger partial charge in [0, 0.05) is 18.5 Å². The Morgan fingerprint density at radius 1 is 1.26 bits per heavy atom. The zero-order chi connectivity index (χ0) is 13.7. The third-order valence-electron chi connectivity index (χ3n) is 2.97. The Kier molecular flexibility index (Phi) is 4.68. The van der Waals surface area contributed by atoms with Gasteiger partial charge in [-0.15, -0.1) is 11.3 Å². The van der Waals surface area contributed by atoms with E-state index in [0.29, 0.717) is 13.0 Å². The molecule has 0 aliphatic carbocycles.